The summed E-state index contributed by atoms with van der Waals surface area (Å²) in [4.78, 5) is 16.3. The van der Waals surface area contributed by atoms with Crippen LogP contribution >= 0.6 is 0 Å². The van der Waals surface area contributed by atoms with Crippen molar-refractivity contribution in [2.75, 3.05) is 11.1 Å². The zero-order valence-electron chi connectivity index (χ0n) is 11.3. The second-order valence-corrected chi connectivity index (χ2v) is 4.69. The normalized spacial score (nSPS) is 10.3. The Morgan fingerprint density at radius 1 is 1.11 bits per heavy atom. The van der Waals surface area contributed by atoms with Crippen molar-refractivity contribution >= 4 is 17.4 Å². The van der Waals surface area contributed by atoms with Gasteiger partial charge in [0.05, 0.1) is 11.9 Å². The molecule has 98 valence electrons. The zero-order valence-corrected chi connectivity index (χ0v) is 11.3. The summed E-state index contributed by atoms with van der Waals surface area (Å²) < 4.78 is 0. The summed E-state index contributed by atoms with van der Waals surface area (Å²) in [5, 5.41) is 2.79. The van der Waals surface area contributed by atoms with E-state index < -0.39 is 0 Å². The van der Waals surface area contributed by atoms with Gasteiger partial charge < -0.3 is 11.1 Å². The topological polar surface area (TPSA) is 68.0 Å². The third-order valence-electron chi connectivity index (χ3n) is 3.10. The Labute approximate surface area is 112 Å². The summed E-state index contributed by atoms with van der Waals surface area (Å²) in [5.74, 6) is 0.376. The minimum absolute atomic E-state index is 0.163. The Kier molecular flexibility index (Phi) is 3.51. The van der Waals surface area contributed by atoms with Crippen molar-refractivity contribution in [2.45, 2.75) is 20.8 Å². The molecule has 0 aliphatic carbocycles. The van der Waals surface area contributed by atoms with E-state index in [9.17, 15) is 4.79 Å². The molecule has 0 unspecified atom stereocenters. The van der Waals surface area contributed by atoms with Gasteiger partial charge in [0.15, 0.2) is 0 Å². The maximum atomic E-state index is 12.1. The van der Waals surface area contributed by atoms with Gasteiger partial charge in [-0.3, -0.25) is 4.79 Å². The molecule has 0 bridgehead atoms. The first-order valence-corrected chi connectivity index (χ1v) is 6.08. The van der Waals surface area contributed by atoms with Crippen molar-refractivity contribution in [3.63, 3.8) is 0 Å². The Bertz CT molecular complexity index is 635. The van der Waals surface area contributed by atoms with Crippen molar-refractivity contribution in [1.82, 2.24) is 4.98 Å². The predicted molar refractivity (Wildman–Crippen MR) is 77.3 cm³/mol. The number of anilines is 2. The Morgan fingerprint density at radius 3 is 2.47 bits per heavy atom. The predicted octanol–water partition coefficient (Wildman–Crippen LogP) is 2.84. The number of hydrogen-bond acceptors (Lipinski definition) is 3. The monoisotopic (exact) mass is 255 g/mol. The summed E-state index contributed by atoms with van der Waals surface area (Å²) in [6.07, 6.45) is 1.53. The second-order valence-electron chi connectivity index (χ2n) is 4.69. The number of rotatable bonds is 2. The van der Waals surface area contributed by atoms with E-state index >= 15 is 0 Å². The van der Waals surface area contributed by atoms with Crippen LogP contribution in [0.5, 0.6) is 0 Å². The molecular formula is C15H17N3O. The highest BCUT2D eigenvalue weighted by molar-refractivity contribution is 6.04. The van der Waals surface area contributed by atoms with E-state index in [0.717, 1.165) is 11.1 Å². The van der Waals surface area contributed by atoms with Crippen LogP contribution in [0.4, 0.5) is 11.5 Å². The van der Waals surface area contributed by atoms with E-state index in [2.05, 4.69) is 10.3 Å². The molecule has 2 aromatic rings. The molecule has 0 saturated heterocycles. The van der Waals surface area contributed by atoms with Crippen LogP contribution in [-0.4, -0.2) is 10.9 Å². The van der Waals surface area contributed by atoms with Crippen molar-refractivity contribution in [3.05, 3.63) is 52.7 Å². The summed E-state index contributed by atoms with van der Waals surface area (Å²) in [5.41, 5.74) is 9.94. The third-order valence-corrected chi connectivity index (χ3v) is 3.10. The van der Waals surface area contributed by atoms with Gasteiger partial charge in [0.1, 0.15) is 5.82 Å². The van der Waals surface area contributed by atoms with Crippen LogP contribution in [0.1, 0.15) is 27.0 Å². The Hall–Kier alpha value is -2.36. The second kappa shape index (κ2) is 5.10. The van der Waals surface area contributed by atoms with Crippen LogP contribution in [0.25, 0.3) is 0 Å². The molecule has 0 aliphatic heterocycles. The largest absolute Gasteiger partial charge is 0.397 e. The number of carbonyl (C=O) groups excluding carboxylic acids is 1. The maximum Gasteiger partial charge on any atom is 0.256 e. The number of nitrogens with zero attached hydrogens (tertiary/aromatic N) is 1. The smallest absolute Gasteiger partial charge is 0.256 e. The fourth-order valence-corrected chi connectivity index (χ4v) is 1.79. The molecule has 4 nitrogen and oxygen atoms in total. The number of nitrogens with one attached hydrogen (secondary N) is 1. The van der Waals surface area contributed by atoms with Gasteiger partial charge in [0.2, 0.25) is 0 Å². The first kappa shape index (κ1) is 13.1. The number of nitrogens with two attached hydrogens (primary N) is 1. The van der Waals surface area contributed by atoms with Crippen LogP contribution in [0.15, 0.2) is 30.5 Å². The van der Waals surface area contributed by atoms with Crippen molar-refractivity contribution in [3.8, 4) is 0 Å². The summed E-state index contributed by atoms with van der Waals surface area (Å²) in [7, 11) is 0. The fraction of sp³-hybridized carbons (Fsp3) is 0.200. The van der Waals surface area contributed by atoms with Crippen molar-refractivity contribution in [1.29, 1.82) is 0 Å². The number of carbonyl (C=O) groups is 1. The molecule has 0 saturated carbocycles. The molecule has 3 N–H and O–H groups in total. The number of benzene rings is 1. The van der Waals surface area contributed by atoms with Gasteiger partial charge in [-0.1, -0.05) is 6.07 Å². The number of aryl methyl sites for hydroxylation is 3. The molecule has 1 aromatic heterocycles. The van der Waals surface area contributed by atoms with E-state index in [-0.39, 0.29) is 5.91 Å². The molecule has 19 heavy (non-hydrogen) atoms. The zero-order chi connectivity index (χ0) is 14.0. The highest BCUT2D eigenvalue weighted by atomic mass is 16.1. The van der Waals surface area contributed by atoms with Gasteiger partial charge in [0, 0.05) is 5.56 Å². The molecule has 0 atom stereocenters. The SMILES string of the molecule is Cc1ccc(C(=O)Nc2ncc(N)cc2C)cc1C. The van der Waals surface area contributed by atoms with Gasteiger partial charge in [-0.25, -0.2) is 4.98 Å². The minimum atomic E-state index is -0.163. The molecule has 4 heteroatoms. The average Bonchev–Trinajstić information content (AvgIpc) is 2.36. The summed E-state index contributed by atoms with van der Waals surface area (Å²) in [6.45, 7) is 5.86. The van der Waals surface area contributed by atoms with Gasteiger partial charge in [0.25, 0.3) is 5.91 Å². The number of pyridine rings is 1. The number of nitrogen functional groups attached to an aromatic ring is 1. The lowest BCUT2D eigenvalue weighted by atomic mass is 10.1. The van der Waals surface area contributed by atoms with Crippen LogP contribution in [0.2, 0.25) is 0 Å². The van der Waals surface area contributed by atoms with E-state index in [1.165, 1.54) is 11.8 Å². The van der Waals surface area contributed by atoms with Gasteiger partial charge in [-0.15, -0.1) is 0 Å². The van der Waals surface area contributed by atoms with Crippen molar-refractivity contribution < 1.29 is 4.79 Å². The first-order valence-electron chi connectivity index (χ1n) is 6.08. The minimum Gasteiger partial charge on any atom is -0.397 e. The third kappa shape index (κ3) is 2.91. The van der Waals surface area contributed by atoms with E-state index in [0.29, 0.717) is 17.1 Å². The van der Waals surface area contributed by atoms with E-state index in [4.69, 9.17) is 5.73 Å². The lowest BCUT2D eigenvalue weighted by Gasteiger charge is -2.09. The molecule has 0 radical (unpaired) electrons. The quantitative estimate of drug-likeness (QED) is 0.867. The molecule has 0 aliphatic rings. The van der Waals surface area contributed by atoms with Crippen LogP contribution in [0.3, 0.4) is 0 Å². The van der Waals surface area contributed by atoms with Gasteiger partial charge >= 0.3 is 0 Å². The summed E-state index contributed by atoms with van der Waals surface area (Å²) >= 11 is 0. The molecule has 0 spiro atoms. The fourth-order valence-electron chi connectivity index (χ4n) is 1.79. The van der Waals surface area contributed by atoms with E-state index in [1.54, 1.807) is 6.07 Å². The lowest BCUT2D eigenvalue weighted by Crippen LogP contribution is -2.14. The molecular weight excluding hydrogens is 238 g/mol. The molecule has 1 amide bonds. The van der Waals surface area contributed by atoms with Crippen LogP contribution < -0.4 is 11.1 Å². The lowest BCUT2D eigenvalue weighted by molar-refractivity contribution is 0.102. The Morgan fingerprint density at radius 2 is 1.84 bits per heavy atom. The molecule has 2 rings (SSSR count). The van der Waals surface area contributed by atoms with Crippen molar-refractivity contribution in [2.24, 2.45) is 0 Å². The first-order chi connectivity index (χ1) is 8.97. The maximum absolute atomic E-state index is 12.1. The van der Waals surface area contributed by atoms with E-state index in [1.807, 2.05) is 39.0 Å². The Balaban J connectivity index is 2.23. The number of amides is 1. The number of aromatic nitrogens is 1. The molecule has 0 fully saturated rings. The van der Waals surface area contributed by atoms with Gasteiger partial charge in [-0.2, -0.15) is 0 Å². The van der Waals surface area contributed by atoms with Gasteiger partial charge in [-0.05, 0) is 55.7 Å². The number of hydrogen-bond donors (Lipinski definition) is 2. The van der Waals surface area contributed by atoms with Crippen LogP contribution in [0, 0.1) is 20.8 Å². The molecule has 1 aromatic carbocycles. The summed E-state index contributed by atoms with van der Waals surface area (Å²) in [6, 6.07) is 7.40. The highest BCUT2D eigenvalue weighted by Gasteiger charge is 2.09. The molecule has 1 heterocycles. The van der Waals surface area contributed by atoms with Crippen LogP contribution in [-0.2, 0) is 0 Å². The highest BCUT2D eigenvalue weighted by Crippen LogP contribution is 2.16. The standard InChI is InChI=1S/C15H17N3O/c1-9-4-5-12(6-10(9)2)15(19)18-14-11(3)7-13(16)8-17-14/h4-8H,16H2,1-3H3,(H,17,18,19). The average molecular weight is 255 g/mol.